The van der Waals surface area contributed by atoms with Gasteiger partial charge in [0, 0.05) is 16.6 Å². The SMILES string of the molecule is CCC(CC)Nc1nc(C)nc2c1C(C)(O)N=C2c1ccc(Cl)cc1Cl. The molecule has 0 radical (unpaired) electrons. The minimum absolute atomic E-state index is 0.257. The summed E-state index contributed by atoms with van der Waals surface area (Å²) < 4.78 is 0. The fraction of sp³-hybridized carbons (Fsp3) is 0.421. The van der Waals surface area contributed by atoms with Gasteiger partial charge in [0.05, 0.1) is 16.3 Å². The molecule has 1 unspecified atom stereocenters. The van der Waals surface area contributed by atoms with Crippen LogP contribution in [0.5, 0.6) is 0 Å². The maximum atomic E-state index is 11.0. The van der Waals surface area contributed by atoms with E-state index in [4.69, 9.17) is 23.2 Å². The van der Waals surface area contributed by atoms with Crippen LogP contribution in [-0.4, -0.2) is 26.8 Å². The van der Waals surface area contributed by atoms with Gasteiger partial charge in [0.2, 0.25) is 0 Å². The number of rotatable bonds is 5. The molecule has 26 heavy (non-hydrogen) atoms. The lowest BCUT2D eigenvalue weighted by atomic mass is 10.0. The first-order valence-electron chi connectivity index (χ1n) is 8.70. The molecule has 0 bridgehead atoms. The maximum Gasteiger partial charge on any atom is 0.185 e. The summed E-state index contributed by atoms with van der Waals surface area (Å²) in [5.74, 6) is 1.22. The molecule has 0 saturated heterocycles. The first kappa shape index (κ1) is 19.1. The van der Waals surface area contributed by atoms with Crippen molar-refractivity contribution in [2.24, 2.45) is 4.99 Å². The zero-order valence-electron chi connectivity index (χ0n) is 15.3. The van der Waals surface area contributed by atoms with E-state index in [0.29, 0.717) is 44.2 Å². The molecule has 2 N–H and O–H groups in total. The topological polar surface area (TPSA) is 70.4 Å². The van der Waals surface area contributed by atoms with Crippen LogP contribution in [0.15, 0.2) is 23.2 Å². The molecular weight excluding hydrogens is 371 g/mol. The molecule has 2 aromatic rings. The summed E-state index contributed by atoms with van der Waals surface area (Å²) in [4.78, 5) is 13.6. The molecule has 3 rings (SSSR count). The Balaban J connectivity index is 2.17. The van der Waals surface area contributed by atoms with E-state index < -0.39 is 5.72 Å². The Morgan fingerprint density at radius 3 is 2.50 bits per heavy atom. The Morgan fingerprint density at radius 2 is 1.88 bits per heavy atom. The van der Waals surface area contributed by atoms with E-state index in [0.717, 1.165) is 12.8 Å². The van der Waals surface area contributed by atoms with Crippen molar-refractivity contribution in [3.8, 4) is 0 Å². The highest BCUT2D eigenvalue weighted by molar-refractivity contribution is 6.38. The second-order valence-corrected chi connectivity index (χ2v) is 7.45. The Kier molecular flexibility index (Phi) is 5.24. The van der Waals surface area contributed by atoms with E-state index in [-0.39, 0.29) is 6.04 Å². The predicted octanol–water partition coefficient (Wildman–Crippen LogP) is 4.71. The first-order chi connectivity index (χ1) is 12.3. The van der Waals surface area contributed by atoms with Gasteiger partial charge in [0.1, 0.15) is 17.3 Å². The van der Waals surface area contributed by atoms with Crippen molar-refractivity contribution in [1.29, 1.82) is 0 Å². The van der Waals surface area contributed by atoms with Gasteiger partial charge in [-0.25, -0.2) is 15.0 Å². The summed E-state index contributed by atoms with van der Waals surface area (Å²) in [5, 5.41) is 15.4. The number of aromatic nitrogens is 2. The molecule has 7 heteroatoms. The average Bonchev–Trinajstić information content (AvgIpc) is 2.83. The van der Waals surface area contributed by atoms with Gasteiger partial charge in [0.15, 0.2) is 5.72 Å². The third kappa shape index (κ3) is 3.43. The van der Waals surface area contributed by atoms with E-state index >= 15 is 0 Å². The summed E-state index contributed by atoms with van der Waals surface area (Å²) in [6, 6.07) is 5.45. The Labute approximate surface area is 163 Å². The smallest absolute Gasteiger partial charge is 0.185 e. The predicted molar refractivity (Wildman–Crippen MR) is 106 cm³/mol. The lowest BCUT2D eigenvalue weighted by Crippen LogP contribution is -2.25. The molecular formula is C19H22Cl2N4O. The number of halogens is 2. The standard InChI is InChI=1S/C19H22Cl2N4O/c1-5-12(6-2)24-18-15-17(22-10(3)23-18)16(25-19(15,4)26)13-8-7-11(20)9-14(13)21/h7-9,12,26H,5-6H2,1-4H3,(H,22,23,24). The van der Waals surface area contributed by atoms with Crippen LogP contribution in [-0.2, 0) is 5.72 Å². The van der Waals surface area contributed by atoms with Crippen molar-refractivity contribution in [3.63, 3.8) is 0 Å². The normalized spacial score (nSPS) is 18.8. The quantitative estimate of drug-likeness (QED) is 0.772. The second-order valence-electron chi connectivity index (χ2n) is 6.61. The minimum Gasteiger partial charge on any atom is -0.367 e. The maximum absolute atomic E-state index is 11.0. The van der Waals surface area contributed by atoms with Crippen LogP contribution in [0.1, 0.15) is 56.3 Å². The van der Waals surface area contributed by atoms with Crippen molar-refractivity contribution in [2.45, 2.75) is 52.3 Å². The molecule has 0 spiro atoms. The van der Waals surface area contributed by atoms with E-state index in [1.165, 1.54) is 0 Å². The van der Waals surface area contributed by atoms with Crippen molar-refractivity contribution in [3.05, 3.63) is 50.9 Å². The van der Waals surface area contributed by atoms with Gasteiger partial charge in [0.25, 0.3) is 0 Å². The highest BCUT2D eigenvalue weighted by Crippen LogP contribution is 2.40. The summed E-state index contributed by atoms with van der Waals surface area (Å²) in [6.07, 6.45) is 1.90. The summed E-state index contributed by atoms with van der Waals surface area (Å²) in [6.45, 7) is 7.69. The van der Waals surface area contributed by atoms with Crippen molar-refractivity contribution >= 4 is 34.7 Å². The number of nitrogens with zero attached hydrogens (tertiary/aromatic N) is 3. The molecule has 1 aliphatic rings. The zero-order valence-corrected chi connectivity index (χ0v) is 16.8. The van der Waals surface area contributed by atoms with Gasteiger partial charge in [-0.3, -0.25) is 0 Å². The Hall–Kier alpha value is -1.69. The average molecular weight is 393 g/mol. The molecule has 1 aliphatic heterocycles. The van der Waals surface area contributed by atoms with Gasteiger partial charge >= 0.3 is 0 Å². The molecule has 5 nitrogen and oxygen atoms in total. The van der Waals surface area contributed by atoms with Crippen LogP contribution in [0.25, 0.3) is 0 Å². The molecule has 0 aliphatic carbocycles. The van der Waals surface area contributed by atoms with Gasteiger partial charge in [-0.15, -0.1) is 0 Å². The number of aliphatic hydroxyl groups is 1. The largest absolute Gasteiger partial charge is 0.367 e. The van der Waals surface area contributed by atoms with Gasteiger partial charge < -0.3 is 10.4 Å². The monoisotopic (exact) mass is 392 g/mol. The molecule has 1 atom stereocenters. The number of aryl methyl sites for hydroxylation is 1. The van der Waals surface area contributed by atoms with Crippen LogP contribution in [0.3, 0.4) is 0 Å². The van der Waals surface area contributed by atoms with E-state index in [9.17, 15) is 5.11 Å². The second kappa shape index (κ2) is 7.14. The van der Waals surface area contributed by atoms with Crippen LogP contribution >= 0.6 is 23.2 Å². The van der Waals surface area contributed by atoms with Crippen molar-refractivity contribution in [1.82, 2.24) is 9.97 Å². The number of fused-ring (bicyclic) bond motifs is 1. The number of hydrogen-bond donors (Lipinski definition) is 2. The molecule has 1 aromatic carbocycles. The molecule has 0 saturated carbocycles. The van der Waals surface area contributed by atoms with Gasteiger partial charge in [-0.2, -0.15) is 0 Å². The Bertz CT molecular complexity index is 876. The van der Waals surface area contributed by atoms with E-state index in [1.807, 2.05) is 6.92 Å². The van der Waals surface area contributed by atoms with Gasteiger partial charge in [-0.1, -0.05) is 37.0 Å². The van der Waals surface area contributed by atoms with Crippen LogP contribution < -0.4 is 5.32 Å². The lowest BCUT2D eigenvalue weighted by Gasteiger charge is -2.22. The highest BCUT2D eigenvalue weighted by atomic mass is 35.5. The molecule has 0 fully saturated rings. The van der Waals surface area contributed by atoms with E-state index in [1.54, 1.807) is 25.1 Å². The third-order valence-corrected chi connectivity index (χ3v) is 5.11. The fourth-order valence-corrected chi connectivity index (χ4v) is 3.68. The Morgan fingerprint density at radius 1 is 1.19 bits per heavy atom. The minimum atomic E-state index is -1.43. The summed E-state index contributed by atoms with van der Waals surface area (Å²) in [7, 11) is 0. The third-order valence-electron chi connectivity index (χ3n) is 4.56. The number of hydrogen-bond acceptors (Lipinski definition) is 5. The number of benzene rings is 1. The number of anilines is 1. The van der Waals surface area contributed by atoms with Crippen LogP contribution in [0.2, 0.25) is 10.0 Å². The fourth-order valence-electron chi connectivity index (χ4n) is 3.18. The van der Waals surface area contributed by atoms with Crippen LogP contribution in [0, 0.1) is 6.92 Å². The zero-order chi connectivity index (χ0) is 19.1. The molecule has 1 aromatic heterocycles. The highest BCUT2D eigenvalue weighted by Gasteiger charge is 2.40. The van der Waals surface area contributed by atoms with Crippen molar-refractivity contribution < 1.29 is 5.11 Å². The molecule has 2 heterocycles. The number of aliphatic imine (C=N–C) groups is 1. The van der Waals surface area contributed by atoms with Gasteiger partial charge in [-0.05, 0) is 44.9 Å². The summed E-state index contributed by atoms with van der Waals surface area (Å²) in [5.41, 5.74) is 0.970. The summed E-state index contributed by atoms with van der Waals surface area (Å²) >= 11 is 12.4. The lowest BCUT2D eigenvalue weighted by molar-refractivity contribution is 0.0715. The first-order valence-corrected chi connectivity index (χ1v) is 9.46. The van der Waals surface area contributed by atoms with E-state index in [2.05, 4.69) is 34.1 Å². The van der Waals surface area contributed by atoms with Crippen molar-refractivity contribution in [2.75, 3.05) is 5.32 Å². The number of nitrogens with one attached hydrogen (secondary N) is 1. The molecule has 138 valence electrons. The molecule has 0 amide bonds. The van der Waals surface area contributed by atoms with Crippen LogP contribution in [0.4, 0.5) is 5.82 Å².